The minimum absolute atomic E-state index is 0.125. The molecule has 2 heterocycles. The van der Waals surface area contributed by atoms with Gasteiger partial charge in [0.05, 0.1) is 25.6 Å². The van der Waals surface area contributed by atoms with Gasteiger partial charge in [-0.1, -0.05) is 47.2 Å². The third kappa shape index (κ3) is 4.22. The number of hydrogen-bond donors (Lipinski definition) is 0. The van der Waals surface area contributed by atoms with Crippen molar-refractivity contribution in [2.45, 2.75) is 0 Å². The highest BCUT2D eigenvalue weighted by Crippen LogP contribution is 2.38. The first-order chi connectivity index (χ1) is 14.7. The van der Waals surface area contributed by atoms with Crippen molar-refractivity contribution in [2.24, 2.45) is 0 Å². The second-order valence-corrected chi connectivity index (χ2v) is 8.73. The Morgan fingerprint density at radius 1 is 1.13 bits per heavy atom. The van der Waals surface area contributed by atoms with Crippen LogP contribution < -0.4 is 4.90 Å². The molecule has 0 radical (unpaired) electrons. The van der Waals surface area contributed by atoms with Crippen LogP contribution in [0.1, 0.15) is 5.76 Å². The number of amides is 1. The van der Waals surface area contributed by atoms with Crippen LogP contribution >= 0.6 is 47.2 Å². The first-order valence-corrected chi connectivity index (χ1v) is 10.5. The molecule has 1 aliphatic heterocycles. The molecule has 1 aromatic heterocycles. The van der Waals surface area contributed by atoms with E-state index >= 15 is 0 Å². The van der Waals surface area contributed by atoms with Crippen LogP contribution in [0.3, 0.4) is 0 Å². The van der Waals surface area contributed by atoms with Crippen LogP contribution in [0, 0.1) is 15.9 Å². The van der Waals surface area contributed by atoms with E-state index in [-0.39, 0.29) is 25.0 Å². The third-order valence-electron chi connectivity index (χ3n) is 4.28. The van der Waals surface area contributed by atoms with Crippen molar-refractivity contribution in [3.8, 4) is 11.3 Å². The van der Waals surface area contributed by atoms with Gasteiger partial charge in [0, 0.05) is 23.8 Å². The summed E-state index contributed by atoms with van der Waals surface area (Å²) >= 11 is 18.3. The Labute approximate surface area is 194 Å². The molecule has 1 aliphatic rings. The molecule has 0 aliphatic carbocycles. The number of carbonyl (C=O) groups is 1. The van der Waals surface area contributed by atoms with Gasteiger partial charge in [-0.2, -0.15) is 0 Å². The van der Waals surface area contributed by atoms with Crippen LogP contribution in [0.15, 0.2) is 57.9 Å². The largest absolute Gasteiger partial charge is 0.457 e. The fraction of sp³-hybridized carbons (Fsp3) is 0. The summed E-state index contributed by atoms with van der Waals surface area (Å²) in [6, 6.07) is 11.1. The van der Waals surface area contributed by atoms with Crippen LogP contribution in [0.2, 0.25) is 10.0 Å². The fourth-order valence-corrected chi connectivity index (χ4v) is 4.50. The zero-order valence-electron chi connectivity index (χ0n) is 15.2. The molecular weight excluding hydrogens is 486 g/mol. The van der Waals surface area contributed by atoms with Crippen molar-refractivity contribution in [2.75, 3.05) is 4.90 Å². The summed E-state index contributed by atoms with van der Waals surface area (Å²) in [5.41, 5.74) is 0.570. The summed E-state index contributed by atoms with van der Waals surface area (Å²) in [7, 11) is 0. The van der Waals surface area contributed by atoms with Gasteiger partial charge in [0.15, 0.2) is 4.32 Å². The molecule has 0 saturated carbocycles. The predicted octanol–water partition coefficient (Wildman–Crippen LogP) is 6.71. The van der Waals surface area contributed by atoms with Gasteiger partial charge < -0.3 is 4.42 Å². The SMILES string of the molecule is O=C1/C(=C\c2ccc(-c3cc([N+](=O)[O-])ccc3Cl)o2)SC(=S)N1c1ccc(F)c(Cl)c1. The lowest BCUT2D eigenvalue weighted by Crippen LogP contribution is -2.27. The molecule has 2 aromatic carbocycles. The zero-order chi connectivity index (χ0) is 22.3. The highest BCUT2D eigenvalue weighted by atomic mass is 35.5. The molecule has 6 nitrogen and oxygen atoms in total. The van der Waals surface area contributed by atoms with E-state index in [0.717, 1.165) is 17.8 Å². The number of benzene rings is 2. The average molecular weight is 495 g/mol. The Morgan fingerprint density at radius 3 is 2.61 bits per heavy atom. The molecule has 31 heavy (non-hydrogen) atoms. The molecule has 156 valence electrons. The number of thioether (sulfide) groups is 1. The molecule has 0 unspecified atom stereocenters. The maximum absolute atomic E-state index is 13.4. The Kier molecular flexibility index (Phi) is 5.85. The molecule has 0 spiro atoms. The summed E-state index contributed by atoms with van der Waals surface area (Å²) in [4.78, 5) is 24.9. The summed E-state index contributed by atoms with van der Waals surface area (Å²) in [6.45, 7) is 0. The van der Waals surface area contributed by atoms with Crippen molar-refractivity contribution >= 4 is 74.9 Å². The summed E-state index contributed by atoms with van der Waals surface area (Å²) in [5.74, 6) is -0.380. The lowest BCUT2D eigenvalue weighted by atomic mass is 10.1. The second kappa shape index (κ2) is 8.43. The molecule has 0 atom stereocenters. The number of hydrogen-bond acceptors (Lipinski definition) is 6. The van der Waals surface area contributed by atoms with E-state index in [1.807, 2.05) is 0 Å². The first-order valence-electron chi connectivity index (χ1n) is 8.52. The van der Waals surface area contributed by atoms with Gasteiger partial charge in [0.1, 0.15) is 17.3 Å². The average Bonchev–Trinajstić information content (AvgIpc) is 3.29. The van der Waals surface area contributed by atoms with Crippen molar-refractivity contribution in [3.05, 3.63) is 85.2 Å². The molecule has 0 bridgehead atoms. The number of rotatable bonds is 4. The van der Waals surface area contributed by atoms with Gasteiger partial charge in [-0.15, -0.1) is 0 Å². The van der Waals surface area contributed by atoms with Crippen molar-refractivity contribution in [1.29, 1.82) is 0 Å². The van der Waals surface area contributed by atoms with Gasteiger partial charge in [-0.25, -0.2) is 4.39 Å². The fourth-order valence-electron chi connectivity index (χ4n) is 2.83. The Bertz CT molecular complexity index is 1290. The Morgan fingerprint density at radius 2 is 1.90 bits per heavy atom. The topological polar surface area (TPSA) is 76.6 Å². The maximum atomic E-state index is 13.4. The van der Waals surface area contributed by atoms with Crippen molar-refractivity contribution in [1.82, 2.24) is 0 Å². The van der Waals surface area contributed by atoms with Gasteiger partial charge >= 0.3 is 0 Å². The normalized spacial score (nSPS) is 15.2. The summed E-state index contributed by atoms with van der Waals surface area (Å²) < 4.78 is 19.4. The molecule has 0 N–H and O–H groups in total. The maximum Gasteiger partial charge on any atom is 0.270 e. The number of nitro benzene ring substituents is 1. The summed E-state index contributed by atoms with van der Waals surface area (Å²) in [6.07, 6.45) is 1.50. The van der Waals surface area contributed by atoms with E-state index < -0.39 is 16.6 Å². The highest BCUT2D eigenvalue weighted by Gasteiger charge is 2.34. The number of anilines is 1. The quantitative estimate of drug-likeness (QED) is 0.173. The minimum Gasteiger partial charge on any atom is -0.457 e. The van der Waals surface area contributed by atoms with Crippen LogP contribution in [-0.4, -0.2) is 15.2 Å². The van der Waals surface area contributed by atoms with Gasteiger partial charge in [0.25, 0.3) is 11.6 Å². The van der Waals surface area contributed by atoms with E-state index in [4.69, 9.17) is 39.8 Å². The number of halogens is 3. The minimum atomic E-state index is -0.602. The van der Waals surface area contributed by atoms with E-state index in [2.05, 4.69) is 0 Å². The lowest BCUT2D eigenvalue weighted by molar-refractivity contribution is -0.384. The van der Waals surface area contributed by atoms with E-state index in [1.54, 1.807) is 12.1 Å². The monoisotopic (exact) mass is 494 g/mol. The third-order valence-corrected chi connectivity index (χ3v) is 6.20. The van der Waals surface area contributed by atoms with E-state index in [0.29, 0.717) is 22.8 Å². The Balaban J connectivity index is 1.63. The molecule has 11 heteroatoms. The number of thiocarbonyl (C=S) groups is 1. The highest BCUT2D eigenvalue weighted by molar-refractivity contribution is 8.27. The predicted molar refractivity (Wildman–Crippen MR) is 123 cm³/mol. The van der Waals surface area contributed by atoms with Gasteiger partial charge in [-0.05, 0) is 36.4 Å². The van der Waals surface area contributed by atoms with Gasteiger partial charge in [-0.3, -0.25) is 19.8 Å². The van der Waals surface area contributed by atoms with Crippen LogP contribution in [0.5, 0.6) is 0 Å². The molecule has 1 amide bonds. The molecule has 1 saturated heterocycles. The van der Waals surface area contributed by atoms with E-state index in [9.17, 15) is 19.3 Å². The molecule has 3 aromatic rings. The van der Waals surface area contributed by atoms with Crippen LogP contribution in [0.4, 0.5) is 15.8 Å². The Hall–Kier alpha value is -2.72. The van der Waals surface area contributed by atoms with Gasteiger partial charge in [0.2, 0.25) is 0 Å². The molecule has 4 rings (SSSR count). The number of furan rings is 1. The standard InChI is InChI=1S/C20H9Cl2FN2O4S2/c21-14-4-1-11(25(27)28)7-13(14)17-6-3-12(29-17)9-18-19(26)24(20(30)31-18)10-2-5-16(23)15(22)8-10/h1-9H/b18-9+. The number of nitrogens with zero attached hydrogens (tertiary/aromatic N) is 2. The lowest BCUT2D eigenvalue weighted by Gasteiger charge is -2.14. The van der Waals surface area contributed by atoms with E-state index in [1.165, 1.54) is 41.3 Å². The second-order valence-electron chi connectivity index (χ2n) is 6.24. The molecule has 1 fully saturated rings. The number of carbonyl (C=O) groups excluding carboxylic acids is 1. The zero-order valence-corrected chi connectivity index (χ0v) is 18.3. The van der Waals surface area contributed by atoms with Crippen molar-refractivity contribution < 1.29 is 18.5 Å². The van der Waals surface area contributed by atoms with Crippen LogP contribution in [-0.2, 0) is 4.79 Å². The van der Waals surface area contributed by atoms with Crippen molar-refractivity contribution in [3.63, 3.8) is 0 Å². The van der Waals surface area contributed by atoms with Crippen LogP contribution in [0.25, 0.3) is 17.4 Å². The number of nitro groups is 1. The molecular formula is C20H9Cl2FN2O4S2. The first kappa shape index (κ1) is 21.5. The number of non-ortho nitro benzene ring substituents is 1. The summed E-state index contributed by atoms with van der Waals surface area (Å²) in [5, 5.41) is 11.2. The smallest absolute Gasteiger partial charge is 0.270 e.